The van der Waals surface area contributed by atoms with Crippen LogP contribution in [0.1, 0.15) is 71.8 Å². The molecule has 0 radical (unpaired) electrons. The fourth-order valence-electron chi connectivity index (χ4n) is 6.22. The number of rotatable bonds is 4. The number of anilines is 1. The van der Waals surface area contributed by atoms with Crippen molar-refractivity contribution in [2.24, 2.45) is 10.8 Å². The lowest BCUT2D eigenvalue weighted by Crippen LogP contribution is -2.44. The standard InChI is InChI=1S/C31H33Cl2NO3/c1-6-37-26-10-8-7-9-19(26)27-28-22(14-30(2,3)16-24(28)35)34(18-11-12-20(32)21(33)13-18)23-15-31(4,5)17-25(36)29(23)27/h7-13,27H,6,14-17H2,1-5H3. The zero-order valence-corrected chi connectivity index (χ0v) is 23.6. The molecule has 37 heavy (non-hydrogen) atoms. The predicted octanol–water partition coefficient (Wildman–Crippen LogP) is 8.28. The number of ether oxygens (including phenoxy) is 1. The first-order valence-electron chi connectivity index (χ1n) is 12.9. The second-order valence-corrected chi connectivity index (χ2v) is 12.8. The van der Waals surface area contributed by atoms with Gasteiger partial charge in [-0.15, -0.1) is 0 Å². The van der Waals surface area contributed by atoms with Gasteiger partial charge in [0.1, 0.15) is 5.75 Å². The van der Waals surface area contributed by atoms with Gasteiger partial charge in [-0.1, -0.05) is 69.1 Å². The Bertz CT molecular complexity index is 1310. The van der Waals surface area contributed by atoms with Gasteiger partial charge in [0.15, 0.2) is 11.6 Å². The quantitative estimate of drug-likeness (QED) is 0.393. The van der Waals surface area contributed by atoms with E-state index in [0.29, 0.717) is 59.2 Å². The molecule has 0 bridgehead atoms. The van der Waals surface area contributed by atoms with E-state index in [1.54, 1.807) is 6.07 Å². The van der Waals surface area contributed by atoms with Gasteiger partial charge in [-0.2, -0.15) is 0 Å². The van der Waals surface area contributed by atoms with Crippen LogP contribution in [-0.4, -0.2) is 18.2 Å². The summed E-state index contributed by atoms with van der Waals surface area (Å²) in [5.74, 6) is 0.416. The summed E-state index contributed by atoms with van der Waals surface area (Å²) in [6.45, 7) is 11.0. The van der Waals surface area contributed by atoms with Crippen LogP contribution in [0.5, 0.6) is 5.75 Å². The third kappa shape index (κ3) is 4.64. The molecule has 0 fully saturated rings. The molecule has 4 nitrogen and oxygen atoms in total. The highest BCUT2D eigenvalue weighted by Crippen LogP contribution is 2.56. The number of carbonyl (C=O) groups excluding carboxylic acids is 2. The first-order chi connectivity index (χ1) is 17.4. The molecule has 0 atom stereocenters. The van der Waals surface area contributed by atoms with Crippen LogP contribution in [-0.2, 0) is 9.59 Å². The number of Topliss-reactive ketones (excluding diaryl/α,β-unsaturated/α-hetero) is 2. The maximum atomic E-state index is 14.0. The van der Waals surface area contributed by atoms with Gasteiger partial charge in [-0.3, -0.25) is 9.59 Å². The predicted molar refractivity (Wildman–Crippen MR) is 149 cm³/mol. The molecule has 0 unspecified atom stereocenters. The second-order valence-electron chi connectivity index (χ2n) is 11.9. The van der Waals surface area contributed by atoms with Crippen LogP contribution in [0.15, 0.2) is 65.0 Å². The maximum absolute atomic E-state index is 14.0. The molecule has 1 aliphatic heterocycles. The highest BCUT2D eigenvalue weighted by molar-refractivity contribution is 6.42. The van der Waals surface area contributed by atoms with E-state index in [2.05, 4.69) is 32.6 Å². The SMILES string of the molecule is CCOc1ccccc1C1C2=C(CC(C)(C)CC2=O)N(c2ccc(Cl)c(Cl)c2)C2=C1C(=O)CC(C)(C)C2. The van der Waals surface area contributed by atoms with Crippen LogP contribution in [0.3, 0.4) is 0 Å². The highest BCUT2D eigenvalue weighted by Gasteiger charge is 2.49. The van der Waals surface area contributed by atoms with Gasteiger partial charge in [0, 0.05) is 52.6 Å². The Morgan fingerprint density at radius 3 is 1.95 bits per heavy atom. The molecule has 0 spiro atoms. The number of carbonyl (C=O) groups is 2. The van der Waals surface area contributed by atoms with Crippen molar-refractivity contribution < 1.29 is 14.3 Å². The van der Waals surface area contributed by atoms with Gasteiger partial charge in [-0.05, 0) is 54.9 Å². The summed E-state index contributed by atoms with van der Waals surface area (Å²) in [5, 5.41) is 0.907. The summed E-state index contributed by atoms with van der Waals surface area (Å²) >= 11 is 12.8. The molecule has 5 rings (SSSR count). The van der Waals surface area contributed by atoms with Gasteiger partial charge in [0.25, 0.3) is 0 Å². The Hall–Kier alpha value is -2.56. The molecular weight excluding hydrogens is 505 g/mol. The van der Waals surface area contributed by atoms with Crippen molar-refractivity contribution in [3.8, 4) is 5.75 Å². The molecule has 2 aromatic rings. The molecule has 1 heterocycles. The summed E-state index contributed by atoms with van der Waals surface area (Å²) in [7, 11) is 0. The van der Waals surface area contributed by atoms with Crippen molar-refractivity contribution in [2.75, 3.05) is 11.5 Å². The lowest BCUT2D eigenvalue weighted by Gasteiger charge is -2.49. The minimum absolute atomic E-state index is 0.0804. The number of hydrogen-bond acceptors (Lipinski definition) is 4. The Morgan fingerprint density at radius 2 is 1.41 bits per heavy atom. The van der Waals surface area contributed by atoms with Crippen molar-refractivity contribution in [2.45, 2.75) is 66.2 Å². The van der Waals surface area contributed by atoms with Gasteiger partial charge >= 0.3 is 0 Å². The Morgan fingerprint density at radius 1 is 0.838 bits per heavy atom. The Kier molecular flexibility index (Phi) is 6.57. The van der Waals surface area contributed by atoms with Crippen molar-refractivity contribution in [3.63, 3.8) is 0 Å². The van der Waals surface area contributed by atoms with Crippen LogP contribution in [0.2, 0.25) is 10.0 Å². The van der Waals surface area contributed by atoms with E-state index < -0.39 is 5.92 Å². The third-order valence-electron chi connectivity index (χ3n) is 7.60. The first-order valence-corrected chi connectivity index (χ1v) is 13.7. The summed E-state index contributed by atoms with van der Waals surface area (Å²) in [6.07, 6.45) is 2.26. The van der Waals surface area contributed by atoms with E-state index in [1.807, 2.05) is 43.3 Å². The van der Waals surface area contributed by atoms with Crippen molar-refractivity contribution in [1.82, 2.24) is 0 Å². The molecule has 2 aliphatic carbocycles. The lowest BCUT2D eigenvalue weighted by atomic mass is 9.63. The summed E-state index contributed by atoms with van der Waals surface area (Å²) in [4.78, 5) is 30.1. The normalized spacial score (nSPS) is 21.2. The molecule has 6 heteroatoms. The molecule has 0 saturated heterocycles. The average molecular weight is 539 g/mol. The number of benzene rings is 2. The molecule has 0 N–H and O–H groups in total. The molecule has 0 amide bonds. The number of nitrogens with zero attached hydrogens (tertiary/aromatic N) is 1. The molecule has 3 aliphatic rings. The monoisotopic (exact) mass is 537 g/mol. The summed E-state index contributed by atoms with van der Waals surface area (Å²) in [6, 6.07) is 13.4. The Labute approximate surface area is 229 Å². The molecular formula is C31H33Cl2NO3. The third-order valence-corrected chi connectivity index (χ3v) is 8.34. The van der Waals surface area contributed by atoms with Crippen LogP contribution in [0.4, 0.5) is 5.69 Å². The summed E-state index contributed by atoms with van der Waals surface area (Å²) < 4.78 is 6.03. The van der Waals surface area contributed by atoms with Crippen molar-refractivity contribution >= 4 is 40.5 Å². The van der Waals surface area contributed by atoms with Gasteiger partial charge < -0.3 is 9.64 Å². The number of para-hydroxylation sites is 1. The zero-order valence-electron chi connectivity index (χ0n) is 22.1. The second kappa shape index (κ2) is 9.32. The molecule has 0 aromatic heterocycles. The minimum Gasteiger partial charge on any atom is -0.494 e. The number of hydrogen-bond donors (Lipinski definition) is 0. The van der Waals surface area contributed by atoms with Crippen molar-refractivity contribution in [1.29, 1.82) is 0 Å². The Balaban J connectivity index is 1.85. The van der Waals surface area contributed by atoms with E-state index in [4.69, 9.17) is 27.9 Å². The van der Waals surface area contributed by atoms with Crippen LogP contribution in [0.25, 0.3) is 0 Å². The highest BCUT2D eigenvalue weighted by atomic mass is 35.5. The molecule has 0 saturated carbocycles. The van der Waals surface area contributed by atoms with E-state index in [-0.39, 0.29) is 22.4 Å². The zero-order chi connectivity index (χ0) is 26.7. The smallest absolute Gasteiger partial charge is 0.162 e. The average Bonchev–Trinajstić information content (AvgIpc) is 2.79. The van der Waals surface area contributed by atoms with E-state index in [0.717, 1.165) is 22.6 Å². The van der Waals surface area contributed by atoms with Crippen LogP contribution >= 0.6 is 23.2 Å². The van der Waals surface area contributed by atoms with Gasteiger partial charge in [-0.25, -0.2) is 0 Å². The van der Waals surface area contributed by atoms with Gasteiger partial charge in [0.05, 0.1) is 16.7 Å². The van der Waals surface area contributed by atoms with E-state index >= 15 is 0 Å². The fourth-order valence-corrected chi connectivity index (χ4v) is 6.51. The van der Waals surface area contributed by atoms with Crippen LogP contribution in [0, 0.1) is 10.8 Å². The molecule has 2 aromatic carbocycles. The topological polar surface area (TPSA) is 46.6 Å². The van der Waals surface area contributed by atoms with Crippen LogP contribution < -0.4 is 9.64 Å². The minimum atomic E-state index is -0.459. The number of allylic oxidation sites excluding steroid dienone is 4. The van der Waals surface area contributed by atoms with E-state index in [1.165, 1.54) is 0 Å². The van der Waals surface area contributed by atoms with E-state index in [9.17, 15) is 9.59 Å². The molecule has 194 valence electrons. The van der Waals surface area contributed by atoms with Crippen molar-refractivity contribution in [3.05, 3.63) is 80.6 Å². The number of halogens is 2. The first kappa shape index (κ1) is 26.1. The summed E-state index contributed by atoms with van der Waals surface area (Å²) in [5.41, 5.74) is 4.54. The largest absolute Gasteiger partial charge is 0.494 e. The maximum Gasteiger partial charge on any atom is 0.162 e. The lowest BCUT2D eigenvalue weighted by molar-refractivity contribution is -0.119. The fraction of sp³-hybridized carbons (Fsp3) is 0.419. The van der Waals surface area contributed by atoms with Gasteiger partial charge in [0.2, 0.25) is 0 Å². The number of ketones is 2.